The number of rotatable bonds is 5. The summed E-state index contributed by atoms with van der Waals surface area (Å²) in [5, 5.41) is 2.93. The van der Waals surface area contributed by atoms with Crippen molar-refractivity contribution >= 4 is 23.6 Å². The number of nitrogens with two attached hydrogens (primary N) is 1. The number of benzene rings is 3. The zero-order valence-electron chi connectivity index (χ0n) is 24.6. The molecule has 8 heteroatoms. The van der Waals surface area contributed by atoms with Crippen LogP contribution < -0.4 is 16.0 Å². The Bertz CT molecular complexity index is 1410. The molecule has 3 aromatic carbocycles. The standard InChI is InChI=1S/C33H40N4O4/c1-21-23(18-29(34)22(2)30(21)36-14-16-37(17-15-36)32(39)41-33(3,4)5)19-35-31(38)40-20-28-26-12-8-6-10-24(26)25-11-7-9-13-27(25)28/h6-13,18,28H,14-17,19-20,34H2,1-5H3,(H,35,38). The molecule has 1 aliphatic heterocycles. The summed E-state index contributed by atoms with van der Waals surface area (Å²) in [6.07, 6.45) is -0.746. The van der Waals surface area contributed by atoms with Gasteiger partial charge < -0.3 is 30.3 Å². The average molecular weight is 557 g/mol. The highest BCUT2D eigenvalue weighted by atomic mass is 16.6. The van der Waals surface area contributed by atoms with Crippen molar-refractivity contribution in [3.63, 3.8) is 0 Å². The zero-order valence-corrected chi connectivity index (χ0v) is 24.6. The maximum absolute atomic E-state index is 12.8. The van der Waals surface area contributed by atoms with Gasteiger partial charge in [-0.25, -0.2) is 9.59 Å². The first-order valence-corrected chi connectivity index (χ1v) is 14.2. The number of nitrogens with one attached hydrogen (secondary N) is 1. The van der Waals surface area contributed by atoms with Crippen LogP contribution in [-0.2, 0) is 16.0 Å². The molecule has 3 N–H and O–H groups in total. The maximum atomic E-state index is 12.8. The van der Waals surface area contributed by atoms with Crippen molar-refractivity contribution in [3.8, 4) is 11.1 Å². The number of hydrogen-bond acceptors (Lipinski definition) is 6. The van der Waals surface area contributed by atoms with E-state index in [1.54, 1.807) is 4.90 Å². The predicted molar refractivity (Wildman–Crippen MR) is 162 cm³/mol. The maximum Gasteiger partial charge on any atom is 0.410 e. The fourth-order valence-corrected chi connectivity index (χ4v) is 5.89. The summed E-state index contributed by atoms with van der Waals surface area (Å²) in [5.41, 5.74) is 15.4. The molecule has 216 valence electrons. The summed E-state index contributed by atoms with van der Waals surface area (Å²) in [6, 6.07) is 18.5. The highest BCUT2D eigenvalue weighted by Gasteiger charge is 2.30. The summed E-state index contributed by atoms with van der Waals surface area (Å²) in [6.45, 7) is 12.7. The van der Waals surface area contributed by atoms with Crippen LogP contribution in [0.25, 0.3) is 11.1 Å². The summed E-state index contributed by atoms with van der Waals surface area (Å²) in [5.74, 6) is 0.0101. The van der Waals surface area contributed by atoms with Gasteiger partial charge in [-0.3, -0.25) is 0 Å². The van der Waals surface area contributed by atoms with E-state index in [4.69, 9.17) is 15.2 Å². The van der Waals surface area contributed by atoms with E-state index in [9.17, 15) is 9.59 Å². The van der Waals surface area contributed by atoms with Crippen LogP contribution in [0.5, 0.6) is 0 Å². The second-order valence-corrected chi connectivity index (χ2v) is 11.9. The van der Waals surface area contributed by atoms with E-state index in [0.29, 0.717) is 38.4 Å². The number of carbonyl (C=O) groups is 2. The first kappa shape index (κ1) is 28.3. The van der Waals surface area contributed by atoms with E-state index in [1.165, 1.54) is 22.3 Å². The lowest BCUT2D eigenvalue weighted by Crippen LogP contribution is -2.50. The molecule has 0 radical (unpaired) electrons. The van der Waals surface area contributed by atoms with Gasteiger partial charge in [-0.15, -0.1) is 0 Å². The number of alkyl carbamates (subject to hydrolysis) is 1. The van der Waals surface area contributed by atoms with E-state index >= 15 is 0 Å². The normalized spacial score (nSPS) is 14.9. The van der Waals surface area contributed by atoms with Gasteiger partial charge in [0.05, 0.1) is 0 Å². The molecule has 0 atom stereocenters. The lowest BCUT2D eigenvalue weighted by Gasteiger charge is -2.38. The van der Waals surface area contributed by atoms with Gasteiger partial charge in [-0.2, -0.15) is 0 Å². The van der Waals surface area contributed by atoms with E-state index in [0.717, 1.165) is 22.4 Å². The largest absolute Gasteiger partial charge is 0.449 e. The van der Waals surface area contributed by atoms with Gasteiger partial charge in [0, 0.05) is 50.0 Å². The highest BCUT2D eigenvalue weighted by molar-refractivity contribution is 5.79. The summed E-state index contributed by atoms with van der Waals surface area (Å²) in [7, 11) is 0. The minimum Gasteiger partial charge on any atom is -0.449 e. The number of hydrogen-bond donors (Lipinski definition) is 2. The van der Waals surface area contributed by atoms with Crippen LogP contribution in [0.1, 0.15) is 54.5 Å². The number of nitrogen functional groups attached to an aromatic ring is 1. The zero-order chi connectivity index (χ0) is 29.3. The molecule has 0 bridgehead atoms. The molecule has 0 aromatic heterocycles. The van der Waals surface area contributed by atoms with Gasteiger partial charge in [0.1, 0.15) is 12.2 Å². The lowest BCUT2D eigenvalue weighted by molar-refractivity contribution is 0.0240. The van der Waals surface area contributed by atoms with Gasteiger partial charge in [0.15, 0.2) is 0 Å². The predicted octanol–water partition coefficient (Wildman–Crippen LogP) is 5.98. The highest BCUT2D eigenvalue weighted by Crippen LogP contribution is 2.44. The fraction of sp³-hybridized carbons (Fsp3) is 0.394. The summed E-state index contributed by atoms with van der Waals surface area (Å²) in [4.78, 5) is 29.4. The molecule has 1 saturated heterocycles. The molecule has 8 nitrogen and oxygen atoms in total. The minimum absolute atomic E-state index is 0.0101. The molecule has 41 heavy (non-hydrogen) atoms. The van der Waals surface area contributed by atoms with Crippen LogP contribution in [-0.4, -0.2) is 55.5 Å². The molecule has 0 unspecified atom stereocenters. The first-order valence-electron chi connectivity index (χ1n) is 14.2. The topological polar surface area (TPSA) is 97.1 Å². The molecule has 5 rings (SSSR count). The van der Waals surface area contributed by atoms with Crippen molar-refractivity contribution in [2.24, 2.45) is 0 Å². The van der Waals surface area contributed by atoms with Crippen LogP contribution in [0, 0.1) is 13.8 Å². The Morgan fingerprint density at radius 3 is 2.10 bits per heavy atom. The molecule has 3 aromatic rings. The molecule has 2 aliphatic rings. The molecule has 0 saturated carbocycles. The molecule has 2 amide bonds. The van der Waals surface area contributed by atoms with Crippen molar-refractivity contribution < 1.29 is 19.1 Å². The van der Waals surface area contributed by atoms with Gasteiger partial charge in [0.2, 0.25) is 0 Å². The van der Waals surface area contributed by atoms with Crippen LogP contribution in [0.4, 0.5) is 21.0 Å². The Kier molecular flexibility index (Phi) is 7.84. The Labute approximate surface area is 242 Å². The number of fused-ring (bicyclic) bond motifs is 3. The molecular weight excluding hydrogens is 516 g/mol. The molecule has 1 aliphatic carbocycles. The van der Waals surface area contributed by atoms with Gasteiger partial charge in [-0.1, -0.05) is 48.5 Å². The number of anilines is 2. The molecule has 1 heterocycles. The van der Waals surface area contributed by atoms with Crippen LogP contribution in [0.2, 0.25) is 0 Å². The third-order valence-electron chi connectivity index (χ3n) is 7.97. The van der Waals surface area contributed by atoms with E-state index in [-0.39, 0.29) is 18.6 Å². The third kappa shape index (κ3) is 5.97. The Morgan fingerprint density at radius 2 is 1.51 bits per heavy atom. The minimum atomic E-state index is -0.523. The van der Waals surface area contributed by atoms with Gasteiger partial charge in [-0.05, 0) is 79.6 Å². The van der Waals surface area contributed by atoms with Crippen molar-refractivity contribution in [2.45, 2.75) is 52.7 Å². The number of amides is 2. The Hall–Kier alpha value is -4.20. The number of ether oxygens (including phenoxy) is 2. The van der Waals surface area contributed by atoms with Crippen LogP contribution >= 0.6 is 0 Å². The third-order valence-corrected chi connectivity index (χ3v) is 7.97. The van der Waals surface area contributed by atoms with Gasteiger partial charge in [0.25, 0.3) is 0 Å². The van der Waals surface area contributed by atoms with E-state index < -0.39 is 11.7 Å². The Morgan fingerprint density at radius 1 is 0.927 bits per heavy atom. The van der Waals surface area contributed by atoms with E-state index in [2.05, 4.69) is 41.4 Å². The van der Waals surface area contributed by atoms with Crippen molar-refractivity contribution in [2.75, 3.05) is 43.4 Å². The number of carbonyl (C=O) groups excluding carboxylic acids is 2. The average Bonchev–Trinajstić information content (AvgIpc) is 3.26. The second kappa shape index (κ2) is 11.4. The summed E-state index contributed by atoms with van der Waals surface area (Å²) >= 11 is 0. The number of nitrogens with zero attached hydrogens (tertiary/aromatic N) is 2. The fourth-order valence-electron chi connectivity index (χ4n) is 5.89. The smallest absolute Gasteiger partial charge is 0.410 e. The van der Waals surface area contributed by atoms with Crippen molar-refractivity contribution in [3.05, 3.63) is 82.4 Å². The molecule has 0 spiro atoms. The van der Waals surface area contributed by atoms with Crippen molar-refractivity contribution in [1.82, 2.24) is 10.2 Å². The first-order chi connectivity index (χ1) is 19.5. The quantitative estimate of drug-likeness (QED) is 0.375. The molecular formula is C33H40N4O4. The second-order valence-electron chi connectivity index (χ2n) is 11.9. The van der Waals surface area contributed by atoms with Crippen LogP contribution in [0.3, 0.4) is 0 Å². The lowest BCUT2D eigenvalue weighted by atomic mass is 9.98. The molecule has 1 fully saturated rings. The Balaban J connectivity index is 1.22. The van der Waals surface area contributed by atoms with E-state index in [1.807, 2.05) is 58.0 Å². The van der Waals surface area contributed by atoms with Gasteiger partial charge >= 0.3 is 12.2 Å². The monoisotopic (exact) mass is 556 g/mol. The van der Waals surface area contributed by atoms with Crippen LogP contribution in [0.15, 0.2) is 54.6 Å². The summed E-state index contributed by atoms with van der Waals surface area (Å²) < 4.78 is 11.3. The number of piperazine rings is 1. The SMILES string of the molecule is Cc1c(N)cc(CNC(=O)OCC2c3ccccc3-c3ccccc32)c(C)c1N1CCN(C(=O)OC(C)(C)C)CC1. The van der Waals surface area contributed by atoms with Crippen molar-refractivity contribution in [1.29, 1.82) is 0 Å².